The minimum atomic E-state index is -0.118. The molecule has 0 amide bonds. The molecule has 1 aromatic rings. The van der Waals surface area contributed by atoms with Crippen molar-refractivity contribution < 1.29 is 14.9 Å². The van der Waals surface area contributed by atoms with Crippen LogP contribution in [0, 0.1) is 34.0 Å². The van der Waals surface area contributed by atoms with E-state index in [2.05, 4.69) is 27.7 Å². The van der Waals surface area contributed by atoms with Crippen LogP contribution in [-0.2, 0) is 6.42 Å². The zero-order valence-electron chi connectivity index (χ0n) is 18.6. The summed E-state index contributed by atoms with van der Waals surface area (Å²) in [4.78, 5) is 0. The summed E-state index contributed by atoms with van der Waals surface area (Å²) < 4.78 is 6.67. The SMILES string of the molecule is C[C@]1(CO)CCC[C@]2(C)C3CC[C@]4(C)Oc5ccc(O)cc5C[C@H]4[C@]3(C)CC[C@H]12. The molecule has 0 spiro atoms. The highest BCUT2D eigenvalue weighted by Crippen LogP contribution is 2.70. The standard InChI is InChI=1S/C26H38O3/c1-23(16-27)10-5-11-24(2)20(23)8-12-25(3)21(24)9-13-26(4)22(25)15-17-14-18(28)6-7-19(17)29-26/h6-7,14,20-22,27-28H,5,8-13,15-16H2,1-4H3/t20-,21?,22+,23-,24+,25-,26+/m1/s1. The van der Waals surface area contributed by atoms with Gasteiger partial charge in [-0.05, 0) is 104 Å². The lowest BCUT2D eigenvalue weighted by Gasteiger charge is -2.68. The predicted molar refractivity (Wildman–Crippen MR) is 115 cm³/mol. The number of hydrogen-bond acceptors (Lipinski definition) is 3. The van der Waals surface area contributed by atoms with Crippen LogP contribution in [0.3, 0.4) is 0 Å². The molecule has 1 unspecified atom stereocenters. The summed E-state index contributed by atoms with van der Waals surface area (Å²) in [6, 6.07) is 5.62. The lowest BCUT2D eigenvalue weighted by Crippen LogP contribution is -2.65. The van der Waals surface area contributed by atoms with Gasteiger partial charge in [0.05, 0.1) is 0 Å². The molecule has 7 atom stereocenters. The van der Waals surface area contributed by atoms with Gasteiger partial charge in [0.2, 0.25) is 0 Å². The van der Waals surface area contributed by atoms with E-state index in [4.69, 9.17) is 4.74 Å². The fourth-order valence-corrected chi connectivity index (χ4v) is 8.93. The number of ether oxygens (including phenoxy) is 1. The number of phenols is 1. The van der Waals surface area contributed by atoms with Crippen molar-refractivity contribution in [2.24, 2.45) is 34.0 Å². The molecule has 29 heavy (non-hydrogen) atoms. The quantitative estimate of drug-likeness (QED) is 0.636. The highest BCUT2D eigenvalue weighted by atomic mass is 16.5. The van der Waals surface area contributed by atoms with Gasteiger partial charge in [0.25, 0.3) is 0 Å². The van der Waals surface area contributed by atoms with Crippen LogP contribution in [0.2, 0.25) is 0 Å². The van der Waals surface area contributed by atoms with Crippen molar-refractivity contribution in [3.05, 3.63) is 23.8 Å². The van der Waals surface area contributed by atoms with Crippen molar-refractivity contribution in [2.75, 3.05) is 6.61 Å². The van der Waals surface area contributed by atoms with Crippen molar-refractivity contribution >= 4 is 0 Å². The summed E-state index contributed by atoms with van der Waals surface area (Å²) in [7, 11) is 0. The van der Waals surface area contributed by atoms with Crippen LogP contribution < -0.4 is 4.74 Å². The number of hydrogen-bond donors (Lipinski definition) is 2. The third-order valence-corrected chi connectivity index (χ3v) is 10.3. The van der Waals surface area contributed by atoms with Gasteiger partial charge in [-0.3, -0.25) is 0 Å². The average molecular weight is 399 g/mol. The van der Waals surface area contributed by atoms with Crippen molar-refractivity contribution in [1.82, 2.24) is 0 Å². The van der Waals surface area contributed by atoms with Gasteiger partial charge in [0.15, 0.2) is 0 Å². The van der Waals surface area contributed by atoms with Gasteiger partial charge in [-0.1, -0.05) is 27.2 Å². The number of aromatic hydroxyl groups is 1. The maximum absolute atomic E-state index is 10.3. The minimum Gasteiger partial charge on any atom is -0.508 e. The van der Waals surface area contributed by atoms with E-state index in [1.54, 1.807) is 6.07 Å². The summed E-state index contributed by atoms with van der Waals surface area (Å²) in [6.45, 7) is 10.1. The first-order chi connectivity index (χ1) is 13.6. The third kappa shape index (κ3) is 2.58. The van der Waals surface area contributed by atoms with E-state index in [0.717, 1.165) is 18.6 Å². The van der Waals surface area contributed by atoms with Crippen LogP contribution in [-0.4, -0.2) is 22.4 Å². The molecule has 0 saturated heterocycles. The predicted octanol–water partition coefficient (Wildman–Crippen LogP) is 5.72. The Labute approximate surface area is 175 Å². The maximum atomic E-state index is 10.3. The Morgan fingerprint density at radius 3 is 2.41 bits per heavy atom. The Hall–Kier alpha value is -1.22. The lowest BCUT2D eigenvalue weighted by molar-refractivity contribution is -0.213. The first kappa shape index (κ1) is 19.7. The average Bonchev–Trinajstić information content (AvgIpc) is 2.66. The van der Waals surface area contributed by atoms with E-state index in [9.17, 15) is 10.2 Å². The monoisotopic (exact) mass is 398 g/mol. The summed E-state index contributed by atoms with van der Waals surface area (Å²) in [5.74, 6) is 3.09. The first-order valence-corrected chi connectivity index (χ1v) is 11.8. The molecule has 1 aliphatic heterocycles. The smallest absolute Gasteiger partial charge is 0.123 e. The van der Waals surface area contributed by atoms with E-state index in [0.29, 0.717) is 35.5 Å². The Morgan fingerprint density at radius 2 is 1.66 bits per heavy atom. The van der Waals surface area contributed by atoms with Crippen LogP contribution in [0.4, 0.5) is 0 Å². The molecule has 3 fully saturated rings. The van der Waals surface area contributed by atoms with E-state index in [1.807, 2.05) is 12.1 Å². The van der Waals surface area contributed by atoms with E-state index < -0.39 is 0 Å². The van der Waals surface area contributed by atoms with Crippen molar-refractivity contribution in [1.29, 1.82) is 0 Å². The molecule has 1 aromatic carbocycles. The molecule has 4 aliphatic rings. The summed E-state index contributed by atoms with van der Waals surface area (Å²) >= 11 is 0. The molecular formula is C26H38O3. The van der Waals surface area contributed by atoms with Gasteiger partial charge in [0, 0.05) is 12.5 Å². The van der Waals surface area contributed by atoms with Gasteiger partial charge < -0.3 is 14.9 Å². The van der Waals surface area contributed by atoms with Gasteiger partial charge in [-0.25, -0.2) is 0 Å². The Morgan fingerprint density at radius 1 is 0.931 bits per heavy atom. The second-order valence-corrected chi connectivity index (χ2v) is 11.8. The van der Waals surface area contributed by atoms with Gasteiger partial charge >= 0.3 is 0 Å². The molecule has 2 N–H and O–H groups in total. The molecular weight excluding hydrogens is 360 g/mol. The lowest BCUT2D eigenvalue weighted by atomic mass is 9.37. The molecule has 3 saturated carbocycles. The number of phenolic OH excluding ortho intramolecular Hbond substituents is 1. The normalized spacial score (nSPS) is 48.5. The number of rotatable bonds is 1. The molecule has 5 rings (SSSR count). The third-order valence-electron chi connectivity index (χ3n) is 10.3. The van der Waals surface area contributed by atoms with Crippen LogP contribution in [0.15, 0.2) is 18.2 Å². The summed E-state index contributed by atoms with van der Waals surface area (Å²) in [5.41, 5.74) is 1.69. The Bertz CT molecular complexity index is 820. The highest BCUT2D eigenvalue weighted by molar-refractivity contribution is 5.43. The van der Waals surface area contributed by atoms with E-state index in [-0.39, 0.29) is 16.4 Å². The first-order valence-electron chi connectivity index (χ1n) is 11.8. The minimum absolute atomic E-state index is 0.0799. The Balaban J connectivity index is 1.55. The largest absolute Gasteiger partial charge is 0.508 e. The number of fused-ring (bicyclic) bond motifs is 6. The topological polar surface area (TPSA) is 49.7 Å². The number of benzene rings is 1. The molecule has 0 radical (unpaired) electrons. The van der Waals surface area contributed by atoms with Crippen LogP contribution >= 0.6 is 0 Å². The molecule has 3 nitrogen and oxygen atoms in total. The van der Waals surface area contributed by atoms with Gasteiger partial charge in [0.1, 0.15) is 17.1 Å². The zero-order chi connectivity index (χ0) is 20.7. The van der Waals surface area contributed by atoms with E-state index in [1.165, 1.54) is 44.1 Å². The Kier molecular flexibility index (Phi) is 4.19. The van der Waals surface area contributed by atoms with Crippen LogP contribution in [0.5, 0.6) is 11.5 Å². The molecule has 0 bridgehead atoms. The van der Waals surface area contributed by atoms with Crippen LogP contribution in [0.25, 0.3) is 0 Å². The molecule has 160 valence electrons. The van der Waals surface area contributed by atoms with Crippen molar-refractivity contribution in [3.8, 4) is 11.5 Å². The van der Waals surface area contributed by atoms with E-state index >= 15 is 0 Å². The van der Waals surface area contributed by atoms with Crippen LogP contribution in [0.1, 0.15) is 78.2 Å². The number of aliphatic hydroxyl groups is 1. The maximum Gasteiger partial charge on any atom is 0.123 e. The zero-order valence-corrected chi connectivity index (χ0v) is 18.6. The second-order valence-electron chi connectivity index (χ2n) is 11.8. The molecule has 0 aromatic heterocycles. The van der Waals surface area contributed by atoms with Crippen molar-refractivity contribution in [3.63, 3.8) is 0 Å². The fourth-order valence-electron chi connectivity index (χ4n) is 8.93. The van der Waals surface area contributed by atoms with Crippen molar-refractivity contribution in [2.45, 2.75) is 84.7 Å². The highest BCUT2D eigenvalue weighted by Gasteiger charge is 2.65. The molecule has 1 heterocycles. The molecule has 3 aliphatic carbocycles. The second kappa shape index (κ2) is 6.15. The summed E-state index contributed by atoms with van der Waals surface area (Å²) in [5, 5.41) is 20.3. The number of aliphatic hydroxyl groups excluding tert-OH is 1. The van der Waals surface area contributed by atoms with Gasteiger partial charge in [-0.15, -0.1) is 0 Å². The summed E-state index contributed by atoms with van der Waals surface area (Å²) in [6.07, 6.45) is 9.50. The molecule has 3 heteroatoms. The fraction of sp³-hybridized carbons (Fsp3) is 0.769. The van der Waals surface area contributed by atoms with Gasteiger partial charge in [-0.2, -0.15) is 0 Å².